The summed E-state index contributed by atoms with van der Waals surface area (Å²) in [5.74, 6) is 0.0624. The van der Waals surface area contributed by atoms with E-state index in [9.17, 15) is 9.59 Å². The van der Waals surface area contributed by atoms with Crippen molar-refractivity contribution in [2.45, 2.75) is 24.8 Å². The number of rotatable bonds is 4. The zero-order chi connectivity index (χ0) is 27.0. The van der Waals surface area contributed by atoms with E-state index in [1.807, 2.05) is 36.1 Å². The van der Waals surface area contributed by atoms with Crippen molar-refractivity contribution in [2.75, 3.05) is 32.7 Å². The van der Waals surface area contributed by atoms with Crippen LogP contribution in [-0.4, -0.2) is 74.1 Å². The molecule has 4 heterocycles. The van der Waals surface area contributed by atoms with Crippen LogP contribution in [0.1, 0.15) is 21.1 Å². The van der Waals surface area contributed by atoms with Crippen molar-refractivity contribution in [1.82, 2.24) is 29.1 Å². The topological polar surface area (TPSA) is 122 Å². The van der Waals surface area contributed by atoms with Crippen molar-refractivity contribution in [2.24, 2.45) is 5.41 Å². The first-order chi connectivity index (χ1) is 17.7. The number of carbonyl (C=O) groups excluding carboxylic acids is 2. The summed E-state index contributed by atoms with van der Waals surface area (Å²) in [5.41, 5.74) is 0.735. The number of benzene rings is 1. The molecule has 37 heavy (non-hydrogen) atoms. The number of amides is 2. The number of H-pyrrole nitrogens is 2. The molecule has 0 spiro atoms. The molecule has 1 aromatic carbocycles. The van der Waals surface area contributed by atoms with Crippen molar-refractivity contribution < 1.29 is 43.7 Å². The number of nitrogens with one attached hydrogen (secondary N) is 2. The van der Waals surface area contributed by atoms with Crippen LogP contribution in [0.5, 0.6) is 0 Å². The molecule has 5 rings (SSSR count). The van der Waals surface area contributed by atoms with Gasteiger partial charge < -0.3 is 26.7 Å². The van der Waals surface area contributed by atoms with E-state index < -0.39 is 6.39 Å². The molecule has 0 bridgehead atoms. The maximum Gasteiger partial charge on any atom is 0.209 e. The molecule has 1 radical (unpaired) electrons. The Morgan fingerprint density at radius 1 is 1.32 bits per heavy atom. The van der Waals surface area contributed by atoms with Gasteiger partial charge in [0.25, 0.3) is 0 Å². The largest absolute Gasteiger partial charge is 0.490 e. The molecule has 0 unspecified atom stereocenters. The predicted molar refractivity (Wildman–Crippen MR) is 141 cm³/mol. The molecule has 197 valence electrons. The summed E-state index contributed by atoms with van der Waals surface area (Å²) in [6, 6.07) is 8.78. The molecular weight excluding hydrogens is 593 g/mol. The Morgan fingerprint density at radius 2 is 2.05 bits per heavy atom. The molecule has 10 nitrogen and oxygen atoms in total. The van der Waals surface area contributed by atoms with Gasteiger partial charge in [0.2, 0.25) is 12.3 Å². The minimum absolute atomic E-state index is 0. The normalized spacial score (nSPS) is 18.1. The molecule has 0 aliphatic carbocycles. The van der Waals surface area contributed by atoms with Crippen LogP contribution in [0.15, 0.2) is 48.0 Å². The Labute approximate surface area is 251 Å². The number of carbonyl (C=O) groups is 2. The second-order valence-electron chi connectivity index (χ2n) is 8.81. The van der Waals surface area contributed by atoms with Gasteiger partial charge in [-0.1, -0.05) is 31.0 Å². The van der Waals surface area contributed by atoms with Crippen molar-refractivity contribution in [3.05, 3.63) is 70.9 Å². The second kappa shape index (κ2) is 15.0. The molecule has 3 aromatic rings. The number of hydrogen-bond donors (Lipinski definition) is 2. The number of likely N-dealkylation sites (tertiary alicyclic amines) is 1. The molecule has 0 saturated carbocycles. The Kier molecular flexibility index (Phi) is 12.0. The van der Waals surface area contributed by atoms with E-state index in [1.165, 1.54) is 4.90 Å². The first kappa shape index (κ1) is 29.8. The molecule has 2 amide bonds. The molecule has 2 aromatic heterocycles. The standard InChI is InChI=1S/C21H25ClN4O2S.C3H4N2.O2.Y/c1-15-11-25(29-19-10-16-9-17(22)3-4-18(16)23-19)12-20(28)26(15)13-21(2)5-7-24(14-27)8-6-21;1-2-5-3-4-1;1-2;/h3-4,9-10,14,23H,2,5-8,11-13H2,1H3;1-3H,(H,4,5);;/q-2;;;/i14T;;;. The van der Waals surface area contributed by atoms with Crippen LogP contribution in [0.3, 0.4) is 0 Å². The van der Waals surface area contributed by atoms with Crippen LogP contribution >= 0.6 is 23.5 Å². The van der Waals surface area contributed by atoms with E-state index in [4.69, 9.17) is 22.9 Å². The summed E-state index contributed by atoms with van der Waals surface area (Å²) in [6.45, 7) is 8.97. The van der Waals surface area contributed by atoms with Gasteiger partial charge in [-0.2, -0.15) is 6.92 Å². The van der Waals surface area contributed by atoms with Crippen molar-refractivity contribution in [3.63, 3.8) is 0 Å². The van der Waals surface area contributed by atoms with E-state index in [-0.39, 0.29) is 44.0 Å². The average molecular weight is 624 g/mol. The van der Waals surface area contributed by atoms with Crippen LogP contribution in [0, 0.1) is 28.3 Å². The number of imidazole rings is 1. The van der Waals surface area contributed by atoms with Crippen LogP contribution in [0.2, 0.25) is 5.02 Å². The first-order valence-corrected chi connectivity index (χ1v) is 12.4. The van der Waals surface area contributed by atoms with Crippen molar-refractivity contribution in [3.8, 4) is 0 Å². The van der Waals surface area contributed by atoms with Crippen LogP contribution in [-0.2, 0) is 42.3 Å². The third-order valence-corrected chi connectivity index (χ3v) is 7.28. The zero-order valence-electron chi connectivity index (χ0n) is 21.5. The third kappa shape index (κ3) is 8.89. The Balaban J connectivity index is 0.000000560. The number of hydrogen-bond acceptors (Lipinski definition) is 7. The number of fused-ring (bicyclic) bond motifs is 1. The van der Waals surface area contributed by atoms with Crippen molar-refractivity contribution in [1.29, 1.82) is 0 Å². The summed E-state index contributed by atoms with van der Waals surface area (Å²) < 4.78 is 9.31. The molecule has 2 aliphatic heterocycles. The minimum Gasteiger partial charge on any atom is -0.490 e. The number of halogens is 1. The van der Waals surface area contributed by atoms with Gasteiger partial charge in [-0.25, -0.2) is 11.0 Å². The van der Waals surface area contributed by atoms with E-state index in [0.29, 0.717) is 50.6 Å². The second-order valence-corrected chi connectivity index (χ2v) is 10.4. The van der Waals surface area contributed by atoms with E-state index in [2.05, 4.69) is 26.2 Å². The number of piperidine rings is 1. The number of aromatic amines is 2. The Bertz CT molecular complexity index is 1160. The molecule has 0 atom stereocenters. The summed E-state index contributed by atoms with van der Waals surface area (Å²) in [4.78, 5) is 51.3. The molecule has 2 saturated heterocycles. The predicted octanol–water partition coefficient (Wildman–Crippen LogP) is 4.07. The quantitative estimate of drug-likeness (QED) is 0.255. The van der Waals surface area contributed by atoms with Gasteiger partial charge in [-0.05, 0) is 42.8 Å². The van der Waals surface area contributed by atoms with E-state index >= 15 is 0 Å². The summed E-state index contributed by atoms with van der Waals surface area (Å²) in [7, 11) is 0. The van der Waals surface area contributed by atoms with E-state index in [0.717, 1.165) is 22.0 Å². The van der Waals surface area contributed by atoms with Gasteiger partial charge in [0, 0.05) is 84.0 Å². The maximum atomic E-state index is 12.9. The van der Waals surface area contributed by atoms with Crippen LogP contribution in [0.4, 0.5) is 0 Å². The summed E-state index contributed by atoms with van der Waals surface area (Å²) >= 11 is 7.61. The molecule has 13 heteroatoms. The van der Waals surface area contributed by atoms with Gasteiger partial charge in [0.1, 0.15) is 1.37 Å². The third-order valence-electron chi connectivity index (χ3n) is 6.12. The molecular formula is C24H29ClN6O4SY-2. The Hall–Kier alpha value is -1.79. The molecule has 2 aliphatic rings. The molecule has 2 fully saturated rings. The summed E-state index contributed by atoms with van der Waals surface area (Å²) in [5, 5.41) is 2.72. The van der Waals surface area contributed by atoms with Gasteiger partial charge in [0.15, 0.2) is 0 Å². The maximum absolute atomic E-state index is 12.9. The first-order valence-electron chi connectivity index (χ1n) is 11.8. The smallest absolute Gasteiger partial charge is 0.209 e. The fourth-order valence-corrected chi connectivity index (χ4v) is 5.40. The van der Waals surface area contributed by atoms with Gasteiger partial charge in [0.05, 0.1) is 17.9 Å². The van der Waals surface area contributed by atoms with Gasteiger partial charge >= 0.3 is 0 Å². The number of piperazine rings is 1. The summed E-state index contributed by atoms with van der Waals surface area (Å²) in [6.07, 6.45) is 5.84. The number of aromatic nitrogens is 3. The van der Waals surface area contributed by atoms with E-state index in [1.54, 1.807) is 30.7 Å². The average Bonchev–Trinajstić information content (AvgIpc) is 3.56. The minimum atomic E-state index is -0.638. The van der Waals surface area contributed by atoms with Gasteiger partial charge in [-0.3, -0.25) is 13.9 Å². The SMILES string of the molecule is O=O.[3H]C(=O)N1CCC([CH2-])(CN2C(=O)CN(Sc3cc4cc(Cl)ccc4[nH]3)C[C-]2C)CC1.[Y].c1c[nH]cn1. The molecule has 2 N–H and O–H groups in total. The van der Waals surface area contributed by atoms with Crippen molar-refractivity contribution >= 4 is 46.7 Å². The van der Waals surface area contributed by atoms with Gasteiger partial charge in [-0.15, -0.1) is 5.41 Å². The fraction of sp³-hybridized carbons (Fsp3) is 0.375. The zero-order valence-corrected chi connectivity index (χ0v) is 24.9. The van der Waals surface area contributed by atoms with Crippen LogP contribution < -0.4 is 0 Å². The fourth-order valence-electron chi connectivity index (χ4n) is 4.18. The van der Waals surface area contributed by atoms with Crippen LogP contribution in [0.25, 0.3) is 10.9 Å². The monoisotopic (exact) mass is 623 g/mol. The Morgan fingerprint density at radius 3 is 2.62 bits per heavy atom. The number of nitrogens with zero attached hydrogens (tertiary/aromatic N) is 4.